The number of hydrogen-bond acceptors (Lipinski definition) is 1. The third-order valence-corrected chi connectivity index (χ3v) is 0.494. The molecule has 0 heterocycles. The highest BCUT2D eigenvalue weighted by Gasteiger charge is 1.83. The maximum absolute atomic E-state index is 3.69. The summed E-state index contributed by atoms with van der Waals surface area (Å²) in [6.07, 6.45) is 0. The molecule has 0 spiro atoms. The van der Waals surface area contributed by atoms with Crippen molar-refractivity contribution in [2.24, 2.45) is 10.9 Å². The highest BCUT2D eigenvalue weighted by molar-refractivity contribution is 5.23. The molecule has 0 unspecified atom stereocenters. The van der Waals surface area contributed by atoms with Crippen molar-refractivity contribution >= 4 is 6.72 Å². The molecule has 0 saturated carbocycles. The lowest BCUT2D eigenvalue weighted by molar-refractivity contribution is 0.668. The summed E-state index contributed by atoms with van der Waals surface area (Å²) in [5, 5.41) is 0. The van der Waals surface area contributed by atoms with Crippen LogP contribution in [0.4, 0.5) is 0 Å². The third kappa shape index (κ3) is 3.67. The SMILES string of the molecule is C=NCC(C)C. The molecule has 0 aromatic carbocycles. The zero-order chi connectivity index (χ0) is 4.99. The van der Waals surface area contributed by atoms with Crippen molar-refractivity contribution in [1.29, 1.82) is 0 Å². The first-order valence-electron chi connectivity index (χ1n) is 2.20. The molecule has 0 saturated heterocycles. The fourth-order valence-electron chi connectivity index (χ4n) is 0.258. The first-order chi connectivity index (χ1) is 2.77. The molecule has 0 radical (unpaired) electrons. The van der Waals surface area contributed by atoms with Gasteiger partial charge in [0.2, 0.25) is 0 Å². The van der Waals surface area contributed by atoms with Crippen LogP contribution in [0, 0.1) is 5.92 Å². The van der Waals surface area contributed by atoms with E-state index in [1.165, 1.54) is 0 Å². The maximum Gasteiger partial charge on any atom is 0.0405 e. The van der Waals surface area contributed by atoms with Crippen molar-refractivity contribution in [1.82, 2.24) is 0 Å². The molecular weight excluding hydrogens is 74.1 g/mol. The summed E-state index contributed by atoms with van der Waals surface area (Å²) in [6, 6.07) is 0. The van der Waals surface area contributed by atoms with Crippen LogP contribution < -0.4 is 0 Å². The van der Waals surface area contributed by atoms with E-state index in [1.807, 2.05) is 0 Å². The lowest BCUT2D eigenvalue weighted by atomic mass is 10.2. The van der Waals surface area contributed by atoms with Gasteiger partial charge >= 0.3 is 0 Å². The van der Waals surface area contributed by atoms with E-state index in [9.17, 15) is 0 Å². The summed E-state index contributed by atoms with van der Waals surface area (Å²) in [5.74, 6) is 0.669. The molecule has 0 aliphatic carbocycles. The Morgan fingerprint density at radius 3 is 2.17 bits per heavy atom. The number of rotatable bonds is 2. The first-order valence-corrected chi connectivity index (χ1v) is 2.20. The van der Waals surface area contributed by atoms with Crippen LogP contribution in [0.5, 0.6) is 0 Å². The van der Waals surface area contributed by atoms with E-state index < -0.39 is 0 Å². The van der Waals surface area contributed by atoms with Crippen LogP contribution in [-0.4, -0.2) is 13.3 Å². The third-order valence-electron chi connectivity index (χ3n) is 0.494. The van der Waals surface area contributed by atoms with Gasteiger partial charge in [-0.3, -0.25) is 0 Å². The lowest BCUT2D eigenvalue weighted by Gasteiger charge is -1.92. The fourth-order valence-corrected chi connectivity index (χ4v) is 0.258. The second-order valence-electron chi connectivity index (χ2n) is 1.80. The predicted molar refractivity (Wildman–Crippen MR) is 29.3 cm³/mol. The summed E-state index contributed by atoms with van der Waals surface area (Å²) in [4.78, 5) is 3.69. The average molecular weight is 85.2 g/mol. The van der Waals surface area contributed by atoms with Crippen LogP contribution in [0.2, 0.25) is 0 Å². The minimum Gasteiger partial charge on any atom is -0.301 e. The zero-order valence-corrected chi connectivity index (χ0v) is 4.44. The molecule has 0 aliphatic heterocycles. The van der Waals surface area contributed by atoms with Gasteiger partial charge in [0.15, 0.2) is 0 Å². The molecule has 36 valence electrons. The molecule has 0 atom stereocenters. The number of hydrogen-bond donors (Lipinski definition) is 0. The molecule has 1 nitrogen and oxygen atoms in total. The second-order valence-corrected chi connectivity index (χ2v) is 1.80. The summed E-state index contributed by atoms with van der Waals surface area (Å²) < 4.78 is 0. The summed E-state index contributed by atoms with van der Waals surface area (Å²) >= 11 is 0. The van der Waals surface area contributed by atoms with Crippen molar-refractivity contribution < 1.29 is 0 Å². The Hall–Kier alpha value is -0.330. The van der Waals surface area contributed by atoms with Gasteiger partial charge in [0.05, 0.1) is 0 Å². The van der Waals surface area contributed by atoms with E-state index in [-0.39, 0.29) is 0 Å². The predicted octanol–water partition coefficient (Wildman–Crippen LogP) is 1.34. The van der Waals surface area contributed by atoms with E-state index in [2.05, 4.69) is 25.6 Å². The van der Waals surface area contributed by atoms with Crippen molar-refractivity contribution in [3.63, 3.8) is 0 Å². The molecule has 0 aromatic rings. The molecule has 0 aromatic heterocycles. The van der Waals surface area contributed by atoms with Crippen LogP contribution in [-0.2, 0) is 0 Å². The molecule has 0 rings (SSSR count). The van der Waals surface area contributed by atoms with E-state index in [0.717, 1.165) is 6.54 Å². The van der Waals surface area contributed by atoms with Crippen LogP contribution in [0.3, 0.4) is 0 Å². The van der Waals surface area contributed by atoms with Gasteiger partial charge in [0.1, 0.15) is 0 Å². The highest BCUT2D eigenvalue weighted by atomic mass is 14.7. The van der Waals surface area contributed by atoms with Crippen LogP contribution in [0.25, 0.3) is 0 Å². The maximum atomic E-state index is 3.69. The second kappa shape index (κ2) is 2.88. The van der Waals surface area contributed by atoms with Gasteiger partial charge in [0, 0.05) is 6.54 Å². The minimum atomic E-state index is 0.669. The molecular formula is C5H11N. The molecule has 0 amide bonds. The Kier molecular flexibility index (Phi) is 2.73. The van der Waals surface area contributed by atoms with Gasteiger partial charge < -0.3 is 4.99 Å². The fraction of sp³-hybridized carbons (Fsp3) is 0.800. The van der Waals surface area contributed by atoms with Crippen molar-refractivity contribution in [2.45, 2.75) is 13.8 Å². The van der Waals surface area contributed by atoms with Gasteiger partial charge in [-0.2, -0.15) is 0 Å². The number of nitrogens with zero attached hydrogens (tertiary/aromatic N) is 1. The molecule has 0 fully saturated rings. The van der Waals surface area contributed by atoms with Crippen molar-refractivity contribution in [3.8, 4) is 0 Å². The summed E-state index contributed by atoms with van der Waals surface area (Å²) in [5.41, 5.74) is 0. The van der Waals surface area contributed by atoms with Gasteiger partial charge in [-0.15, -0.1) is 0 Å². The Balaban J connectivity index is 2.81. The summed E-state index contributed by atoms with van der Waals surface area (Å²) in [6.45, 7) is 8.48. The number of aliphatic imine (C=N–C) groups is 1. The largest absolute Gasteiger partial charge is 0.301 e. The first kappa shape index (κ1) is 5.67. The Bertz CT molecular complexity index is 39.2. The molecule has 6 heavy (non-hydrogen) atoms. The van der Waals surface area contributed by atoms with E-state index in [4.69, 9.17) is 0 Å². The molecule has 0 N–H and O–H groups in total. The Morgan fingerprint density at radius 1 is 1.67 bits per heavy atom. The van der Waals surface area contributed by atoms with Gasteiger partial charge in [-0.1, -0.05) is 13.8 Å². The van der Waals surface area contributed by atoms with Crippen LogP contribution >= 0.6 is 0 Å². The smallest absolute Gasteiger partial charge is 0.0405 e. The Morgan fingerprint density at radius 2 is 2.17 bits per heavy atom. The Labute approximate surface area is 39.1 Å². The standard InChI is InChI=1S/C5H11N/c1-5(2)4-6-3/h5H,3-4H2,1-2H3. The summed E-state index contributed by atoms with van der Waals surface area (Å²) in [7, 11) is 0. The van der Waals surface area contributed by atoms with E-state index in [1.54, 1.807) is 0 Å². The molecule has 0 bridgehead atoms. The van der Waals surface area contributed by atoms with Gasteiger partial charge in [0.25, 0.3) is 0 Å². The van der Waals surface area contributed by atoms with Gasteiger partial charge in [-0.25, -0.2) is 0 Å². The normalized spacial score (nSPS) is 9.17. The van der Waals surface area contributed by atoms with Gasteiger partial charge in [-0.05, 0) is 12.6 Å². The average Bonchev–Trinajstić information content (AvgIpc) is 1.35. The van der Waals surface area contributed by atoms with Crippen molar-refractivity contribution in [2.75, 3.05) is 6.54 Å². The highest BCUT2D eigenvalue weighted by Crippen LogP contribution is 1.88. The van der Waals surface area contributed by atoms with Crippen LogP contribution in [0.1, 0.15) is 13.8 Å². The van der Waals surface area contributed by atoms with E-state index >= 15 is 0 Å². The molecule has 1 heteroatoms. The topological polar surface area (TPSA) is 12.4 Å². The van der Waals surface area contributed by atoms with Crippen LogP contribution in [0.15, 0.2) is 4.99 Å². The zero-order valence-electron chi connectivity index (χ0n) is 4.44. The molecule has 0 aliphatic rings. The monoisotopic (exact) mass is 85.1 g/mol. The quantitative estimate of drug-likeness (QED) is 0.449. The van der Waals surface area contributed by atoms with Crippen molar-refractivity contribution in [3.05, 3.63) is 0 Å². The lowest BCUT2D eigenvalue weighted by Crippen LogP contribution is -1.88. The van der Waals surface area contributed by atoms with E-state index in [0.29, 0.717) is 5.92 Å². The minimum absolute atomic E-state index is 0.669.